The van der Waals surface area contributed by atoms with Gasteiger partial charge in [-0.15, -0.1) is 0 Å². The number of rotatable bonds is 7. The second kappa shape index (κ2) is 11.4. The molecule has 3 heterocycles. The number of piperidine rings is 2. The summed E-state index contributed by atoms with van der Waals surface area (Å²) >= 11 is 0. The molecule has 11 heteroatoms. The van der Waals surface area contributed by atoms with Crippen LogP contribution in [0.1, 0.15) is 75.2 Å². The molecular formula is C27H37N5O6. The van der Waals surface area contributed by atoms with Crippen LogP contribution in [0, 0.1) is 0 Å². The number of imide groups is 1. The van der Waals surface area contributed by atoms with Crippen molar-refractivity contribution in [3.63, 3.8) is 0 Å². The van der Waals surface area contributed by atoms with Crippen LogP contribution >= 0.6 is 0 Å². The fourth-order valence-corrected chi connectivity index (χ4v) is 5.12. The molecule has 5 amide bonds. The van der Waals surface area contributed by atoms with Gasteiger partial charge in [0.2, 0.25) is 17.7 Å². The largest absolute Gasteiger partial charge is 0.444 e. The summed E-state index contributed by atoms with van der Waals surface area (Å²) in [5.74, 6) is -0.868. The number of ether oxygens (including phenoxy) is 1. The van der Waals surface area contributed by atoms with E-state index in [9.17, 15) is 24.0 Å². The number of carbonyl (C=O) groups is 5. The van der Waals surface area contributed by atoms with E-state index in [1.165, 1.54) is 4.90 Å². The lowest BCUT2D eigenvalue weighted by Crippen LogP contribution is -2.52. The van der Waals surface area contributed by atoms with Gasteiger partial charge >= 0.3 is 6.09 Å². The molecular weight excluding hydrogens is 490 g/mol. The van der Waals surface area contributed by atoms with Gasteiger partial charge < -0.3 is 25.2 Å². The standard InChI is InChI=1S/C27H37N5O6/c1-27(2,3)38-26(37)29-17-11-14-31(15-12-17)23(34)8-5-13-28-20-7-4-6-18-19(20)16-32(25(18)36)21-9-10-22(33)30-24(21)35/h4,6-7,17,21,28H,5,8-16H2,1-3H3,(H,29,37)(H,30,33,35). The van der Waals surface area contributed by atoms with E-state index in [2.05, 4.69) is 16.0 Å². The molecule has 2 fully saturated rings. The van der Waals surface area contributed by atoms with Crippen molar-refractivity contribution in [3.8, 4) is 0 Å². The van der Waals surface area contributed by atoms with Crippen molar-refractivity contribution in [2.45, 2.75) is 83.5 Å². The van der Waals surface area contributed by atoms with Crippen molar-refractivity contribution in [2.75, 3.05) is 25.0 Å². The van der Waals surface area contributed by atoms with Crippen LogP contribution in [0.15, 0.2) is 18.2 Å². The van der Waals surface area contributed by atoms with E-state index >= 15 is 0 Å². The van der Waals surface area contributed by atoms with Gasteiger partial charge in [-0.1, -0.05) is 6.07 Å². The van der Waals surface area contributed by atoms with Gasteiger partial charge in [-0.3, -0.25) is 24.5 Å². The normalized spacial score (nSPS) is 20.2. The number of fused-ring (bicyclic) bond motifs is 1. The zero-order valence-corrected chi connectivity index (χ0v) is 22.3. The molecule has 0 aromatic heterocycles. The minimum atomic E-state index is -0.651. The van der Waals surface area contributed by atoms with Gasteiger partial charge in [-0.05, 0) is 58.6 Å². The maximum absolute atomic E-state index is 13.0. The first-order valence-electron chi connectivity index (χ1n) is 13.3. The summed E-state index contributed by atoms with van der Waals surface area (Å²) in [7, 11) is 0. The number of carbonyl (C=O) groups excluding carboxylic acids is 5. The molecule has 38 heavy (non-hydrogen) atoms. The van der Waals surface area contributed by atoms with Gasteiger partial charge in [-0.2, -0.15) is 0 Å². The van der Waals surface area contributed by atoms with E-state index in [4.69, 9.17) is 4.74 Å². The van der Waals surface area contributed by atoms with E-state index in [-0.39, 0.29) is 30.2 Å². The molecule has 0 spiro atoms. The van der Waals surface area contributed by atoms with Crippen LogP contribution in [-0.4, -0.2) is 76.8 Å². The molecule has 1 atom stereocenters. The smallest absolute Gasteiger partial charge is 0.407 e. The first kappa shape index (κ1) is 27.4. The Hall–Kier alpha value is -3.63. The lowest BCUT2D eigenvalue weighted by molar-refractivity contribution is -0.137. The second-order valence-electron chi connectivity index (χ2n) is 11.1. The number of alkyl carbamates (subject to hydrolysis) is 1. The highest BCUT2D eigenvalue weighted by atomic mass is 16.6. The van der Waals surface area contributed by atoms with Crippen molar-refractivity contribution in [1.82, 2.24) is 20.4 Å². The Morgan fingerprint density at radius 3 is 2.53 bits per heavy atom. The second-order valence-corrected chi connectivity index (χ2v) is 11.1. The number of likely N-dealkylation sites (tertiary alicyclic amines) is 1. The lowest BCUT2D eigenvalue weighted by atomic mass is 10.0. The highest BCUT2D eigenvalue weighted by Gasteiger charge is 2.39. The zero-order chi connectivity index (χ0) is 27.4. The molecule has 1 aromatic carbocycles. The van der Waals surface area contributed by atoms with Gasteiger partial charge in [0.05, 0.1) is 0 Å². The molecule has 1 unspecified atom stereocenters. The molecule has 2 saturated heterocycles. The average molecular weight is 528 g/mol. The Bertz CT molecular complexity index is 1110. The maximum atomic E-state index is 13.0. The Morgan fingerprint density at radius 1 is 1.11 bits per heavy atom. The van der Waals surface area contributed by atoms with Crippen molar-refractivity contribution >= 4 is 35.4 Å². The molecule has 206 valence electrons. The Labute approximate surface area is 222 Å². The SMILES string of the molecule is CC(C)(C)OC(=O)NC1CCN(C(=O)CCCNc2cccc3c2CN(C2CCC(=O)NC2=O)C3=O)CC1. The minimum absolute atomic E-state index is 0.00167. The zero-order valence-electron chi connectivity index (χ0n) is 22.3. The van der Waals surface area contributed by atoms with Crippen LogP contribution in [-0.2, 0) is 25.7 Å². The lowest BCUT2D eigenvalue weighted by Gasteiger charge is -2.33. The molecule has 3 aliphatic heterocycles. The van der Waals surface area contributed by atoms with Crippen LogP contribution in [0.4, 0.5) is 10.5 Å². The van der Waals surface area contributed by atoms with Crippen LogP contribution in [0.5, 0.6) is 0 Å². The maximum Gasteiger partial charge on any atom is 0.407 e. The highest BCUT2D eigenvalue weighted by Crippen LogP contribution is 2.32. The first-order chi connectivity index (χ1) is 18.0. The summed E-state index contributed by atoms with van der Waals surface area (Å²) in [4.78, 5) is 64.8. The molecule has 3 N–H and O–H groups in total. The van der Waals surface area contributed by atoms with Gasteiger partial charge in [0.1, 0.15) is 11.6 Å². The van der Waals surface area contributed by atoms with Crippen LogP contribution in [0.2, 0.25) is 0 Å². The third kappa shape index (κ3) is 6.62. The van der Waals surface area contributed by atoms with Crippen LogP contribution < -0.4 is 16.0 Å². The number of nitrogens with zero attached hydrogens (tertiary/aromatic N) is 2. The average Bonchev–Trinajstić information content (AvgIpc) is 3.18. The predicted molar refractivity (Wildman–Crippen MR) is 139 cm³/mol. The van der Waals surface area contributed by atoms with E-state index in [1.54, 1.807) is 12.1 Å². The topological polar surface area (TPSA) is 137 Å². The molecule has 0 radical (unpaired) electrons. The number of anilines is 1. The summed E-state index contributed by atoms with van der Waals surface area (Å²) in [6.07, 6.45) is 2.52. The molecule has 0 bridgehead atoms. The van der Waals surface area contributed by atoms with Crippen molar-refractivity contribution in [3.05, 3.63) is 29.3 Å². The molecule has 1 aromatic rings. The summed E-state index contributed by atoms with van der Waals surface area (Å²) in [6.45, 7) is 7.52. The highest BCUT2D eigenvalue weighted by molar-refractivity contribution is 6.06. The van der Waals surface area contributed by atoms with Gasteiger partial charge in [0.25, 0.3) is 5.91 Å². The van der Waals surface area contributed by atoms with E-state index in [1.807, 2.05) is 31.7 Å². The van der Waals surface area contributed by atoms with Crippen LogP contribution in [0.3, 0.4) is 0 Å². The predicted octanol–water partition coefficient (Wildman–Crippen LogP) is 2.16. The fourth-order valence-electron chi connectivity index (χ4n) is 5.12. The van der Waals surface area contributed by atoms with Crippen molar-refractivity contribution in [2.24, 2.45) is 0 Å². The molecule has 0 aliphatic carbocycles. The van der Waals surface area contributed by atoms with Gasteiger partial charge in [-0.25, -0.2) is 4.79 Å². The molecule has 3 aliphatic rings. The van der Waals surface area contributed by atoms with Crippen molar-refractivity contribution < 1.29 is 28.7 Å². The Balaban J connectivity index is 1.21. The third-order valence-electron chi connectivity index (χ3n) is 7.03. The number of nitrogens with one attached hydrogen (secondary N) is 3. The van der Waals surface area contributed by atoms with E-state index < -0.39 is 23.6 Å². The van der Waals surface area contributed by atoms with E-state index in [0.29, 0.717) is 63.8 Å². The summed E-state index contributed by atoms with van der Waals surface area (Å²) < 4.78 is 5.31. The molecule has 4 rings (SSSR count). The summed E-state index contributed by atoms with van der Waals surface area (Å²) in [6, 6.07) is 4.79. The Kier molecular flexibility index (Phi) is 8.23. The monoisotopic (exact) mass is 527 g/mol. The van der Waals surface area contributed by atoms with E-state index in [0.717, 1.165) is 11.3 Å². The molecule has 0 saturated carbocycles. The fraction of sp³-hybridized carbons (Fsp3) is 0.593. The number of amides is 5. The number of hydrogen-bond donors (Lipinski definition) is 3. The van der Waals surface area contributed by atoms with Crippen molar-refractivity contribution in [1.29, 1.82) is 0 Å². The van der Waals surface area contributed by atoms with Crippen LogP contribution in [0.25, 0.3) is 0 Å². The quantitative estimate of drug-likeness (QED) is 0.365. The number of hydrogen-bond acceptors (Lipinski definition) is 7. The van der Waals surface area contributed by atoms with Gasteiger partial charge in [0.15, 0.2) is 0 Å². The number of benzene rings is 1. The van der Waals surface area contributed by atoms with Gasteiger partial charge in [0, 0.05) is 61.9 Å². The minimum Gasteiger partial charge on any atom is -0.444 e. The summed E-state index contributed by atoms with van der Waals surface area (Å²) in [5, 5.41) is 8.55. The Morgan fingerprint density at radius 2 is 1.84 bits per heavy atom. The summed E-state index contributed by atoms with van der Waals surface area (Å²) in [5.41, 5.74) is 1.65. The third-order valence-corrected chi connectivity index (χ3v) is 7.03. The molecule has 11 nitrogen and oxygen atoms in total. The first-order valence-corrected chi connectivity index (χ1v) is 13.3.